The lowest BCUT2D eigenvalue weighted by molar-refractivity contribution is -0.000520. The molecule has 0 saturated heterocycles. The predicted octanol–water partition coefficient (Wildman–Crippen LogP) is 2.19. The molecular formula is C18H22O6. The minimum Gasteiger partial charge on any atom is -0.504 e. The molecule has 0 aliphatic heterocycles. The number of methoxy groups -OCH3 is 2. The Bertz CT molecular complexity index is 685. The molecule has 0 aliphatic rings. The van der Waals surface area contributed by atoms with Crippen LogP contribution in [0.3, 0.4) is 0 Å². The van der Waals surface area contributed by atoms with Crippen molar-refractivity contribution in [2.75, 3.05) is 20.8 Å². The van der Waals surface area contributed by atoms with Gasteiger partial charge in [0.15, 0.2) is 29.1 Å². The Hall–Kier alpha value is -2.44. The van der Waals surface area contributed by atoms with Crippen molar-refractivity contribution in [3.05, 3.63) is 47.5 Å². The van der Waals surface area contributed by atoms with Crippen LogP contribution in [-0.2, 0) is 0 Å². The number of aromatic hydroxyl groups is 1. The predicted molar refractivity (Wildman–Crippen MR) is 88.9 cm³/mol. The Morgan fingerprint density at radius 2 is 1.67 bits per heavy atom. The molecule has 0 spiro atoms. The van der Waals surface area contributed by atoms with Crippen molar-refractivity contribution in [1.29, 1.82) is 0 Å². The normalized spacial score (nSPS) is 13.2. The lowest BCUT2D eigenvalue weighted by Crippen LogP contribution is -2.29. The Morgan fingerprint density at radius 1 is 0.958 bits per heavy atom. The molecule has 24 heavy (non-hydrogen) atoms. The molecule has 0 saturated carbocycles. The monoisotopic (exact) mass is 334 g/mol. The summed E-state index contributed by atoms with van der Waals surface area (Å²) in [6.07, 6.45) is -2.02. The van der Waals surface area contributed by atoms with Gasteiger partial charge in [0, 0.05) is 0 Å². The number of phenols is 1. The van der Waals surface area contributed by atoms with Gasteiger partial charge in [0.25, 0.3) is 0 Å². The van der Waals surface area contributed by atoms with Crippen LogP contribution in [-0.4, -0.2) is 42.3 Å². The maximum Gasteiger partial charge on any atom is 0.161 e. The zero-order valence-electron chi connectivity index (χ0n) is 13.9. The van der Waals surface area contributed by atoms with Gasteiger partial charge in [-0.2, -0.15) is 0 Å². The molecule has 0 aliphatic carbocycles. The Morgan fingerprint density at radius 3 is 2.29 bits per heavy atom. The summed E-state index contributed by atoms with van der Waals surface area (Å²) < 4.78 is 16.0. The molecule has 0 unspecified atom stereocenters. The highest BCUT2D eigenvalue weighted by Gasteiger charge is 2.24. The molecule has 2 aromatic rings. The average molecular weight is 334 g/mol. The molecule has 3 N–H and O–H groups in total. The van der Waals surface area contributed by atoms with Crippen LogP contribution >= 0.6 is 0 Å². The first-order chi connectivity index (χ1) is 11.5. The van der Waals surface area contributed by atoms with E-state index in [2.05, 4.69) is 0 Å². The third-order valence-corrected chi connectivity index (χ3v) is 3.67. The zero-order valence-corrected chi connectivity index (χ0v) is 13.9. The number of aliphatic hydroxyl groups is 2. The van der Waals surface area contributed by atoms with Gasteiger partial charge in [-0.3, -0.25) is 0 Å². The molecule has 0 bridgehead atoms. The summed E-state index contributed by atoms with van der Waals surface area (Å²) in [5.74, 6) is 1.14. The molecule has 2 aromatic carbocycles. The van der Waals surface area contributed by atoms with Gasteiger partial charge in [0.2, 0.25) is 0 Å². The number of benzene rings is 2. The topological polar surface area (TPSA) is 88.4 Å². The third kappa shape index (κ3) is 3.90. The van der Waals surface area contributed by atoms with E-state index in [9.17, 15) is 15.3 Å². The molecule has 6 heteroatoms. The van der Waals surface area contributed by atoms with Crippen LogP contribution < -0.4 is 14.2 Å². The number of aryl methyl sites for hydroxylation is 1. The van der Waals surface area contributed by atoms with E-state index in [4.69, 9.17) is 14.2 Å². The highest BCUT2D eigenvalue weighted by molar-refractivity contribution is 5.44. The van der Waals surface area contributed by atoms with Crippen molar-refractivity contribution in [1.82, 2.24) is 0 Å². The minimum atomic E-state index is -1.12. The number of phenolic OH excluding ortho intramolecular Hbond substituents is 1. The number of hydrogen-bond donors (Lipinski definition) is 3. The second kappa shape index (κ2) is 7.90. The van der Waals surface area contributed by atoms with Gasteiger partial charge in [-0.05, 0) is 42.3 Å². The standard InChI is InChI=1S/C18H22O6/c1-11-4-7-14(16(8-11)23-3)24-17(10-19)18(21)12-5-6-13(20)15(9-12)22-2/h4-9,17-21H,10H2,1-3H3/t17-,18-/m0/s1. The van der Waals surface area contributed by atoms with Crippen LogP contribution in [0.4, 0.5) is 0 Å². The maximum absolute atomic E-state index is 10.5. The summed E-state index contributed by atoms with van der Waals surface area (Å²) in [6, 6.07) is 9.83. The van der Waals surface area contributed by atoms with Crippen LogP contribution in [0.15, 0.2) is 36.4 Å². The first-order valence-corrected chi connectivity index (χ1v) is 7.47. The van der Waals surface area contributed by atoms with Crippen molar-refractivity contribution in [3.63, 3.8) is 0 Å². The Balaban J connectivity index is 2.25. The summed E-state index contributed by atoms with van der Waals surface area (Å²) in [5, 5.41) is 29.8. The van der Waals surface area contributed by atoms with Gasteiger partial charge < -0.3 is 29.5 Å². The van der Waals surface area contributed by atoms with Crippen LogP contribution in [0, 0.1) is 6.92 Å². The van der Waals surface area contributed by atoms with Gasteiger partial charge in [-0.1, -0.05) is 12.1 Å². The number of hydrogen-bond acceptors (Lipinski definition) is 6. The van der Waals surface area contributed by atoms with Crippen molar-refractivity contribution in [2.45, 2.75) is 19.1 Å². The molecule has 0 amide bonds. The van der Waals surface area contributed by atoms with Gasteiger partial charge in [0.1, 0.15) is 6.10 Å². The Kier molecular flexibility index (Phi) is 5.89. The Labute approximate surface area is 140 Å². The lowest BCUT2D eigenvalue weighted by Gasteiger charge is -2.24. The summed E-state index contributed by atoms with van der Waals surface area (Å²) in [6.45, 7) is 1.52. The van der Waals surface area contributed by atoms with Gasteiger partial charge in [-0.25, -0.2) is 0 Å². The molecule has 2 rings (SSSR count). The van der Waals surface area contributed by atoms with E-state index in [0.717, 1.165) is 5.56 Å². The van der Waals surface area contributed by atoms with Crippen LogP contribution in [0.25, 0.3) is 0 Å². The first kappa shape index (κ1) is 17.9. The van der Waals surface area contributed by atoms with Crippen LogP contribution in [0.1, 0.15) is 17.2 Å². The van der Waals surface area contributed by atoms with E-state index in [0.29, 0.717) is 17.1 Å². The fourth-order valence-electron chi connectivity index (χ4n) is 2.33. The first-order valence-electron chi connectivity index (χ1n) is 7.47. The minimum absolute atomic E-state index is 0.0323. The van der Waals surface area contributed by atoms with E-state index in [1.54, 1.807) is 18.2 Å². The van der Waals surface area contributed by atoms with E-state index in [-0.39, 0.29) is 11.5 Å². The number of aliphatic hydroxyl groups excluding tert-OH is 2. The highest BCUT2D eigenvalue weighted by atomic mass is 16.5. The summed E-state index contributed by atoms with van der Waals surface area (Å²) in [5.41, 5.74) is 1.46. The molecule has 2 atom stereocenters. The van der Waals surface area contributed by atoms with Crippen molar-refractivity contribution in [3.8, 4) is 23.0 Å². The van der Waals surface area contributed by atoms with E-state index < -0.39 is 18.8 Å². The largest absolute Gasteiger partial charge is 0.504 e. The molecule has 130 valence electrons. The fraction of sp³-hybridized carbons (Fsp3) is 0.333. The van der Waals surface area contributed by atoms with Crippen LogP contribution in [0.5, 0.6) is 23.0 Å². The summed E-state index contributed by atoms with van der Waals surface area (Å²) >= 11 is 0. The van der Waals surface area contributed by atoms with Gasteiger partial charge in [0.05, 0.1) is 20.8 Å². The van der Waals surface area contributed by atoms with Gasteiger partial charge in [-0.15, -0.1) is 0 Å². The van der Waals surface area contributed by atoms with E-state index >= 15 is 0 Å². The van der Waals surface area contributed by atoms with Crippen molar-refractivity contribution >= 4 is 0 Å². The SMILES string of the molecule is COc1cc([C@H](O)[C@H](CO)Oc2ccc(C)cc2OC)ccc1O. The molecule has 0 aromatic heterocycles. The second-order valence-electron chi connectivity index (χ2n) is 5.37. The highest BCUT2D eigenvalue weighted by Crippen LogP contribution is 2.33. The van der Waals surface area contributed by atoms with E-state index in [1.165, 1.54) is 26.4 Å². The smallest absolute Gasteiger partial charge is 0.161 e. The molecule has 0 fully saturated rings. The molecule has 0 radical (unpaired) electrons. The third-order valence-electron chi connectivity index (χ3n) is 3.67. The van der Waals surface area contributed by atoms with Crippen LogP contribution in [0.2, 0.25) is 0 Å². The number of rotatable bonds is 7. The maximum atomic E-state index is 10.5. The number of ether oxygens (including phenoxy) is 3. The average Bonchev–Trinajstić information content (AvgIpc) is 2.60. The quantitative estimate of drug-likeness (QED) is 0.719. The molecular weight excluding hydrogens is 312 g/mol. The fourth-order valence-corrected chi connectivity index (χ4v) is 2.33. The summed E-state index contributed by atoms with van der Waals surface area (Å²) in [4.78, 5) is 0. The molecule has 0 heterocycles. The van der Waals surface area contributed by atoms with Gasteiger partial charge >= 0.3 is 0 Å². The van der Waals surface area contributed by atoms with Crippen molar-refractivity contribution in [2.24, 2.45) is 0 Å². The molecule has 6 nitrogen and oxygen atoms in total. The van der Waals surface area contributed by atoms with E-state index in [1.807, 2.05) is 13.0 Å². The summed E-state index contributed by atoms with van der Waals surface area (Å²) in [7, 11) is 2.94. The second-order valence-corrected chi connectivity index (χ2v) is 5.37. The zero-order chi connectivity index (χ0) is 17.7. The lowest BCUT2D eigenvalue weighted by atomic mass is 10.0. The van der Waals surface area contributed by atoms with Crippen molar-refractivity contribution < 1.29 is 29.5 Å².